The summed E-state index contributed by atoms with van der Waals surface area (Å²) in [6.45, 7) is 2.47. The highest BCUT2D eigenvalue weighted by molar-refractivity contribution is 7.10. The molecule has 0 saturated heterocycles. The zero-order valence-electron chi connectivity index (χ0n) is 12.5. The molecule has 0 saturated carbocycles. The summed E-state index contributed by atoms with van der Waals surface area (Å²) >= 11 is 1.68. The zero-order valence-corrected chi connectivity index (χ0v) is 13.3. The Balaban J connectivity index is 1.86. The molecule has 0 aliphatic heterocycles. The zero-order chi connectivity index (χ0) is 13.8. The molecule has 0 unspecified atom stereocenters. The van der Waals surface area contributed by atoms with Crippen LogP contribution >= 0.6 is 11.3 Å². The van der Waals surface area contributed by atoms with Crippen LogP contribution in [0.5, 0.6) is 0 Å². The van der Waals surface area contributed by atoms with Gasteiger partial charge in [-0.3, -0.25) is 0 Å². The number of aliphatic hydroxyl groups is 1. The summed E-state index contributed by atoms with van der Waals surface area (Å²) in [7, 11) is 0. The Kier molecular flexibility index (Phi) is 10.1. The fraction of sp³-hybridized carbons (Fsp3) is 0.765. The lowest BCUT2D eigenvalue weighted by Gasteiger charge is -2.02. The summed E-state index contributed by atoms with van der Waals surface area (Å²) in [5.74, 6) is 0. The van der Waals surface area contributed by atoms with Crippen molar-refractivity contribution < 1.29 is 5.11 Å². The van der Waals surface area contributed by atoms with Gasteiger partial charge in [0.15, 0.2) is 0 Å². The summed E-state index contributed by atoms with van der Waals surface area (Å²) < 4.78 is 0. The lowest BCUT2D eigenvalue weighted by molar-refractivity contribution is 0.285. The molecule has 0 radical (unpaired) electrons. The molecule has 1 N–H and O–H groups in total. The highest BCUT2D eigenvalue weighted by atomic mass is 32.1. The number of rotatable bonds is 12. The molecular formula is C17H30OS. The van der Waals surface area contributed by atoms with E-state index in [1.54, 1.807) is 11.3 Å². The minimum Gasteiger partial charge on any atom is -0.391 e. The summed E-state index contributed by atoms with van der Waals surface area (Å²) in [6, 6.07) is 2.15. The lowest BCUT2D eigenvalue weighted by atomic mass is 10.0. The van der Waals surface area contributed by atoms with E-state index in [9.17, 15) is 0 Å². The van der Waals surface area contributed by atoms with Crippen LogP contribution in [-0.4, -0.2) is 5.11 Å². The van der Waals surface area contributed by atoms with Crippen LogP contribution in [0.15, 0.2) is 11.4 Å². The average Bonchev–Trinajstić information content (AvgIpc) is 2.89. The van der Waals surface area contributed by atoms with Gasteiger partial charge in [0.2, 0.25) is 0 Å². The molecule has 0 spiro atoms. The number of aliphatic hydroxyl groups excluding tert-OH is 1. The van der Waals surface area contributed by atoms with E-state index < -0.39 is 0 Å². The van der Waals surface area contributed by atoms with E-state index in [0.29, 0.717) is 0 Å². The van der Waals surface area contributed by atoms with Gasteiger partial charge in [0, 0.05) is 4.88 Å². The largest absolute Gasteiger partial charge is 0.391 e. The van der Waals surface area contributed by atoms with Crippen molar-refractivity contribution in [1.82, 2.24) is 0 Å². The van der Waals surface area contributed by atoms with Crippen LogP contribution in [0, 0.1) is 0 Å². The van der Waals surface area contributed by atoms with Crippen molar-refractivity contribution in [2.75, 3.05) is 0 Å². The minimum absolute atomic E-state index is 0.197. The van der Waals surface area contributed by atoms with E-state index in [4.69, 9.17) is 5.11 Å². The lowest BCUT2D eigenvalue weighted by Crippen LogP contribution is -1.85. The third-order valence-corrected chi connectivity index (χ3v) is 4.65. The van der Waals surface area contributed by atoms with Crippen LogP contribution in [0.25, 0.3) is 0 Å². The summed E-state index contributed by atoms with van der Waals surface area (Å²) in [6.07, 6.45) is 15.2. The molecule has 1 aromatic rings. The third-order valence-electron chi connectivity index (χ3n) is 3.68. The maximum absolute atomic E-state index is 9.01. The monoisotopic (exact) mass is 282 g/mol. The minimum atomic E-state index is 0.197. The van der Waals surface area contributed by atoms with Crippen molar-refractivity contribution in [2.45, 2.75) is 84.2 Å². The SMILES string of the molecule is CCCCCCCCCCCCc1csc(CO)c1. The van der Waals surface area contributed by atoms with Gasteiger partial charge in [0.05, 0.1) is 6.61 Å². The molecular weight excluding hydrogens is 252 g/mol. The van der Waals surface area contributed by atoms with Crippen molar-refractivity contribution >= 4 is 11.3 Å². The Morgan fingerprint density at radius 3 is 2.00 bits per heavy atom. The van der Waals surface area contributed by atoms with Crippen LogP contribution in [0.3, 0.4) is 0 Å². The predicted octanol–water partition coefficient (Wildman–Crippen LogP) is 5.70. The van der Waals surface area contributed by atoms with Gasteiger partial charge in [0.25, 0.3) is 0 Å². The van der Waals surface area contributed by atoms with Crippen LogP contribution in [0.2, 0.25) is 0 Å². The van der Waals surface area contributed by atoms with Crippen molar-refractivity contribution in [3.8, 4) is 0 Å². The van der Waals surface area contributed by atoms with Gasteiger partial charge in [-0.15, -0.1) is 11.3 Å². The molecule has 19 heavy (non-hydrogen) atoms. The van der Waals surface area contributed by atoms with Gasteiger partial charge in [-0.05, 0) is 29.9 Å². The van der Waals surface area contributed by atoms with Crippen molar-refractivity contribution in [2.24, 2.45) is 0 Å². The molecule has 0 atom stereocenters. The average molecular weight is 282 g/mol. The maximum atomic E-state index is 9.01. The first-order chi connectivity index (χ1) is 9.36. The number of hydrogen-bond donors (Lipinski definition) is 1. The molecule has 0 aromatic carbocycles. The fourth-order valence-corrected chi connectivity index (χ4v) is 3.24. The number of unbranched alkanes of at least 4 members (excludes halogenated alkanes) is 9. The smallest absolute Gasteiger partial charge is 0.0774 e. The quantitative estimate of drug-likeness (QED) is 0.487. The van der Waals surface area contributed by atoms with Crippen LogP contribution < -0.4 is 0 Å². The van der Waals surface area contributed by atoms with Gasteiger partial charge in [-0.1, -0.05) is 64.7 Å². The molecule has 1 heterocycles. The molecule has 1 aromatic heterocycles. The number of aryl methyl sites for hydroxylation is 1. The molecule has 0 amide bonds. The normalized spacial score (nSPS) is 11.1. The first-order valence-corrected chi connectivity index (χ1v) is 8.92. The molecule has 2 heteroatoms. The second-order valence-corrected chi connectivity index (χ2v) is 6.51. The molecule has 0 aliphatic rings. The van der Waals surface area contributed by atoms with Gasteiger partial charge in [-0.25, -0.2) is 0 Å². The van der Waals surface area contributed by atoms with Crippen molar-refractivity contribution in [3.63, 3.8) is 0 Å². The highest BCUT2D eigenvalue weighted by Gasteiger charge is 1.99. The summed E-state index contributed by atoms with van der Waals surface area (Å²) in [4.78, 5) is 1.10. The summed E-state index contributed by atoms with van der Waals surface area (Å²) in [5.41, 5.74) is 1.41. The third kappa shape index (κ3) is 8.43. The number of hydrogen-bond acceptors (Lipinski definition) is 2. The summed E-state index contributed by atoms with van der Waals surface area (Å²) in [5, 5.41) is 11.2. The molecule has 0 bridgehead atoms. The Labute approximate surface area is 123 Å². The predicted molar refractivity (Wildman–Crippen MR) is 85.8 cm³/mol. The van der Waals surface area contributed by atoms with Gasteiger partial charge in [-0.2, -0.15) is 0 Å². The van der Waals surface area contributed by atoms with Crippen LogP contribution in [0.4, 0.5) is 0 Å². The van der Waals surface area contributed by atoms with E-state index >= 15 is 0 Å². The standard InChI is InChI=1S/C17H30OS/c1-2-3-4-5-6-7-8-9-10-11-12-16-13-17(14-18)19-15-16/h13,15,18H,2-12,14H2,1H3. The first kappa shape index (κ1) is 16.7. The van der Waals surface area contributed by atoms with Crippen molar-refractivity contribution in [3.05, 3.63) is 21.9 Å². The molecule has 110 valence electrons. The first-order valence-electron chi connectivity index (χ1n) is 8.04. The van der Waals surface area contributed by atoms with Gasteiger partial charge >= 0.3 is 0 Å². The Hall–Kier alpha value is -0.340. The van der Waals surface area contributed by atoms with Gasteiger partial charge in [0.1, 0.15) is 0 Å². The van der Waals surface area contributed by atoms with E-state index in [0.717, 1.165) is 4.88 Å². The second kappa shape index (κ2) is 11.5. The fourth-order valence-electron chi connectivity index (χ4n) is 2.46. The maximum Gasteiger partial charge on any atom is 0.0774 e. The van der Waals surface area contributed by atoms with E-state index in [1.165, 1.54) is 76.2 Å². The molecule has 0 fully saturated rings. The highest BCUT2D eigenvalue weighted by Crippen LogP contribution is 2.17. The number of thiophene rings is 1. The molecule has 1 nitrogen and oxygen atoms in total. The van der Waals surface area contributed by atoms with Crippen LogP contribution in [-0.2, 0) is 13.0 Å². The van der Waals surface area contributed by atoms with Gasteiger partial charge < -0.3 is 5.11 Å². The topological polar surface area (TPSA) is 20.2 Å². The van der Waals surface area contributed by atoms with Crippen molar-refractivity contribution in [1.29, 1.82) is 0 Å². The Morgan fingerprint density at radius 1 is 0.895 bits per heavy atom. The van der Waals surface area contributed by atoms with E-state index in [2.05, 4.69) is 18.4 Å². The molecule has 1 rings (SSSR count). The van der Waals surface area contributed by atoms with Crippen LogP contribution in [0.1, 0.15) is 81.6 Å². The Bertz CT molecular complexity index is 306. The second-order valence-electron chi connectivity index (χ2n) is 5.51. The van der Waals surface area contributed by atoms with E-state index in [1.807, 2.05) is 0 Å². The Morgan fingerprint density at radius 2 is 1.47 bits per heavy atom. The van der Waals surface area contributed by atoms with E-state index in [-0.39, 0.29) is 6.61 Å². The molecule has 0 aliphatic carbocycles.